The summed E-state index contributed by atoms with van der Waals surface area (Å²) in [6, 6.07) is 0. The maximum absolute atomic E-state index is 5.36. The number of hydrogen-bond donors (Lipinski definition) is 1. The highest BCUT2D eigenvalue weighted by Gasteiger charge is 2.00. The molecule has 4 heteroatoms. The molecule has 0 amide bonds. The molecule has 0 rings (SSSR count). The van der Waals surface area contributed by atoms with Gasteiger partial charge in [-0.1, -0.05) is 6.92 Å². The minimum absolute atomic E-state index is 0.818. The molecule has 0 radical (unpaired) electrons. The van der Waals surface area contributed by atoms with Gasteiger partial charge >= 0.3 is 0 Å². The van der Waals surface area contributed by atoms with Crippen LogP contribution < -0.4 is 5.32 Å². The van der Waals surface area contributed by atoms with E-state index in [9.17, 15) is 0 Å². The normalized spacial score (nSPS) is 11.6. The van der Waals surface area contributed by atoms with E-state index in [-0.39, 0.29) is 0 Å². The van der Waals surface area contributed by atoms with Crippen molar-refractivity contribution in [3.05, 3.63) is 0 Å². The standard InChI is InChI=1S/C12H29N3O/c1-5-15(11-12-16-6-2)10-8-13-7-9-14(3)4/h13H,5-12H2,1-4H3. The minimum atomic E-state index is 0.818. The van der Waals surface area contributed by atoms with Crippen LogP contribution in [0, 0.1) is 0 Å². The highest BCUT2D eigenvalue weighted by atomic mass is 16.5. The van der Waals surface area contributed by atoms with Gasteiger partial charge in [-0.05, 0) is 27.6 Å². The smallest absolute Gasteiger partial charge is 0.0593 e. The van der Waals surface area contributed by atoms with Crippen LogP contribution in [0.5, 0.6) is 0 Å². The first-order chi connectivity index (χ1) is 7.70. The van der Waals surface area contributed by atoms with Crippen LogP contribution in [-0.2, 0) is 4.74 Å². The predicted octanol–water partition coefficient (Wildman–Crippen LogP) is 0.496. The maximum Gasteiger partial charge on any atom is 0.0593 e. The van der Waals surface area contributed by atoms with Crippen molar-refractivity contribution in [2.24, 2.45) is 0 Å². The number of nitrogens with one attached hydrogen (secondary N) is 1. The third-order valence-electron chi connectivity index (χ3n) is 2.54. The van der Waals surface area contributed by atoms with E-state index in [1.165, 1.54) is 0 Å². The van der Waals surface area contributed by atoms with Crippen molar-refractivity contribution in [3.8, 4) is 0 Å². The summed E-state index contributed by atoms with van der Waals surface area (Å²) in [6.07, 6.45) is 0. The van der Waals surface area contributed by atoms with Gasteiger partial charge in [0.1, 0.15) is 0 Å². The van der Waals surface area contributed by atoms with Gasteiger partial charge in [0.2, 0.25) is 0 Å². The van der Waals surface area contributed by atoms with E-state index >= 15 is 0 Å². The SMILES string of the molecule is CCOCCN(CC)CCNCCN(C)C. The van der Waals surface area contributed by atoms with Gasteiger partial charge in [-0.3, -0.25) is 0 Å². The number of hydrogen-bond acceptors (Lipinski definition) is 4. The van der Waals surface area contributed by atoms with Gasteiger partial charge in [-0.2, -0.15) is 0 Å². The van der Waals surface area contributed by atoms with E-state index in [1.54, 1.807) is 0 Å². The largest absolute Gasteiger partial charge is 0.380 e. The van der Waals surface area contributed by atoms with Crippen LogP contribution >= 0.6 is 0 Å². The molecule has 98 valence electrons. The van der Waals surface area contributed by atoms with Crippen molar-refractivity contribution >= 4 is 0 Å². The zero-order chi connectivity index (χ0) is 12.2. The van der Waals surface area contributed by atoms with Gasteiger partial charge in [-0.15, -0.1) is 0 Å². The van der Waals surface area contributed by atoms with Crippen LogP contribution in [0.4, 0.5) is 0 Å². The van der Waals surface area contributed by atoms with Crippen LogP contribution in [0.3, 0.4) is 0 Å². The number of likely N-dealkylation sites (N-methyl/N-ethyl adjacent to an activating group) is 2. The van der Waals surface area contributed by atoms with Crippen LogP contribution in [0.1, 0.15) is 13.8 Å². The molecule has 0 unspecified atom stereocenters. The molecule has 0 aliphatic rings. The van der Waals surface area contributed by atoms with Crippen molar-refractivity contribution in [1.82, 2.24) is 15.1 Å². The topological polar surface area (TPSA) is 27.7 Å². The first-order valence-electron chi connectivity index (χ1n) is 6.36. The molecule has 0 aliphatic heterocycles. The van der Waals surface area contributed by atoms with E-state index in [2.05, 4.69) is 36.1 Å². The molecule has 1 N–H and O–H groups in total. The highest BCUT2D eigenvalue weighted by molar-refractivity contribution is 4.58. The Morgan fingerprint density at radius 3 is 2.25 bits per heavy atom. The summed E-state index contributed by atoms with van der Waals surface area (Å²) in [6.45, 7) is 12.4. The molecule has 0 aromatic heterocycles. The second kappa shape index (κ2) is 11.3. The van der Waals surface area contributed by atoms with Gasteiger partial charge in [0.15, 0.2) is 0 Å². The quantitative estimate of drug-likeness (QED) is 0.524. The zero-order valence-corrected chi connectivity index (χ0v) is 11.5. The van der Waals surface area contributed by atoms with Gasteiger partial charge in [0.05, 0.1) is 6.61 Å². The average Bonchev–Trinajstić information content (AvgIpc) is 2.26. The number of ether oxygens (including phenoxy) is 1. The Bertz CT molecular complexity index is 142. The third kappa shape index (κ3) is 10.4. The second-order valence-corrected chi connectivity index (χ2v) is 4.18. The maximum atomic E-state index is 5.36. The van der Waals surface area contributed by atoms with E-state index in [1.807, 2.05) is 6.92 Å². The Labute approximate surface area is 101 Å². The molecule has 4 nitrogen and oxygen atoms in total. The molecule has 0 heterocycles. The molecule has 0 saturated carbocycles. The molecular formula is C12H29N3O. The van der Waals surface area contributed by atoms with E-state index in [0.29, 0.717) is 0 Å². The molecule has 0 aromatic rings. The van der Waals surface area contributed by atoms with Gasteiger partial charge in [0, 0.05) is 39.3 Å². The fraction of sp³-hybridized carbons (Fsp3) is 1.00. The molecular weight excluding hydrogens is 202 g/mol. The van der Waals surface area contributed by atoms with Crippen molar-refractivity contribution in [3.63, 3.8) is 0 Å². The van der Waals surface area contributed by atoms with Crippen molar-refractivity contribution in [2.45, 2.75) is 13.8 Å². The lowest BCUT2D eigenvalue weighted by atomic mass is 10.4. The summed E-state index contributed by atoms with van der Waals surface area (Å²) < 4.78 is 5.36. The van der Waals surface area contributed by atoms with Crippen LogP contribution in [0.25, 0.3) is 0 Å². The molecule has 0 atom stereocenters. The Kier molecular flexibility index (Phi) is 11.2. The third-order valence-corrected chi connectivity index (χ3v) is 2.54. The molecule has 0 aliphatic carbocycles. The fourth-order valence-electron chi connectivity index (χ4n) is 1.43. The van der Waals surface area contributed by atoms with Crippen LogP contribution in [0.2, 0.25) is 0 Å². The summed E-state index contributed by atoms with van der Waals surface area (Å²) in [5.74, 6) is 0. The van der Waals surface area contributed by atoms with Crippen LogP contribution in [-0.4, -0.2) is 76.4 Å². The summed E-state index contributed by atoms with van der Waals surface area (Å²) in [4.78, 5) is 4.61. The second-order valence-electron chi connectivity index (χ2n) is 4.18. The molecule has 0 saturated heterocycles. The molecule has 0 aromatic carbocycles. The van der Waals surface area contributed by atoms with Crippen molar-refractivity contribution in [1.29, 1.82) is 0 Å². The Morgan fingerprint density at radius 1 is 1.00 bits per heavy atom. The summed E-state index contributed by atoms with van der Waals surface area (Å²) in [7, 11) is 4.20. The molecule has 0 fully saturated rings. The van der Waals surface area contributed by atoms with Gasteiger partial charge < -0.3 is 19.9 Å². The summed E-state index contributed by atoms with van der Waals surface area (Å²) in [5, 5.41) is 3.45. The van der Waals surface area contributed by atoms with E-state index < -0.39 is 0 Å². The molecule has 0 spiro atoms. The number of rotatable bonds is 11. The lowest BCUT2D eigenvalue weighted by Gasteiger charge is -2.20. The van der Waals surface area contributed by atoms with E-state index in [0.717, 1.165) is 52.5 Å². The first-order valence-corrected chi connectivity index (χ1v) is 6.36. The zero-order valence-electron chi connectivity index (χ0n) is 11.5. The Morgan fingerprint density at radius 2 is 1.69 bits per heavy atom. The average molecular weight is 231 g/mol. The summed E-state index contributed by atoms with van der Waals surface area (Å²) >= 11 is 0. The number of nitrogens with zero attached hydrogens (tertiary/aromatic N) is 2. The monoisotopic (exact) mass is 231 g/mol. The predicted molar refractivity (Wildman–Crippen MR) is 70.0 cm³/mol. The van der Waals surface area contributed by atoms with Gasteiger partial charge in [-0.25, -0.2) is 0 Å². The van der Waals surface area contributed by atoms with E-state index in [4.69, 9.17) is 4.74 Å². The Balaban J connectivity index is 3.33. The lowest BCUT2D eigenvalue weighted by molar-refractivity contribution is 0.115. The summed E-state index contributed by atoms with van der Waals surface area (Å²) in [5.41, 5.74) is 0. The first kappa shape index (κ1) is 15.8. The Hall–Kier alpha value is -0.160. The fourth-order valence-corrected chi connectivity index (χ4v) is 1.43. The molecule has 16 heavy (non-hydrogen) atoms. The van der Waals surface area contributed by atoms with Crippen LogP contribution in [0.15, 0.2) is 0 Å². The minimum Gasteiger partial charge on any atom is -0.380 e. The van der Waals surface area contributed by atoms with Gasteiger partial charge in [0.25, 0.3) is 0 Å². The van der Waals surface area contributed by atoms with Crippen molar-refractivity contribution < 1.29 is 4.74 Å². The lowest BCUT2D eigenvalue weighted by Crippen LogP contribution is -2.36. The van der Waals surface area contributed by atoms with Crippen molar-refractivity contribution in [2.75, 3.05) is 66.6 Å². The molecule has 0 bridgehead atoms. The highest BCUT2D eigenvalue weighted by Crippen LogP contribution is 1.87.